The summed E-state index contributed by atoms with van der Waals surface area (Å²) in [7, 11) is 0. The molecule has 0 atom stereocenters. The summed E-state index contributed by atoms with van der Waals surface area (Å²) in [5.74, 6) is 1.88. The van der Waals surface area contributed by atoms with Crippen LogP contribution >= 0.6 is 11.3 Å². The molecule has 0 aromatic carbocycles. The maximum Gasteiger partial charge on any atom is 0.372 e. The summed E-state index contributed by atoms with van der Waals surface area (Å²) < 4.78 is 1.52. The smallest absolute Gasteiger partial charge is 0.363 e. The van der Waals surface area contributed by atoms with Crippen LogP contribution in [0, 0.1) is 27.9 Å². The van der Waals surface area contributed by atoms with Crippen LogP contribution < -0.4 is 5.32 Å². The quantitative estimate of drug-likeness (QED) is 0.652. The van der Waals surface area contributed by atoms with E-state index < -0.39 is 0 Å². The van der Waals surface area contributed by atoms with Gasteiger partial charge in [-0.25, -0.2) is 0 Å². The molecule has 0 bridgehead atoms. The highest BCUT2D eigenvalue weighted by atomic mass is 32.1. The molecule has 2 aromatic rings. The average Bonchev–Trinajstić information content (AvgIpc) is 2.86. The van der Waals surface area contributed by atoms with Gasteiger partial charge in [-0.15, -0.1) is 0 Å². The SMILES string of the molecule is CC(C)C(CNc1nc2sccn2c1[N+](=O)[O-])C(C)C. The van der Waals surface area contributed by atoms with Crippen LogP contribution in [0.25, 0.3) is 4.96 Å². The Bertz CT molecular complexity index is 595. The van der Waals surface area contributed by atoms with E-state index in [0.717, 1.165) is 0 Å². The van der Waals surface area contributed by atoms with E-state index in [1.54, 1.807) is 11.6 Å². The van der Waals surface area contributed by atoms with Crippen LogP contribution in [-0.2, 0) is 0 Å². The molecule has 2 aromatic heterocycles. The molecular formula is C13H20N4O2S. The molecule has 2 rings (SSSR count). The second-order valence-electron chi connectivity index (χ2n) is 5.63. The van der Waals surface area contributed by atoms with E-state index in [1.165, 1.54) is 15.7 Å². The van der Waals surface area contributed by atoms with Gasteiger partial charge >= 0.3 is 5.82 Å². The van der Waals surface area contributed by atoms with Crippen molar-refractivity contribution in [3.8, 4) is 0 Å². The Labute approximate surface area is 122 Å². The normalized spacial score (nSPS) is 11.9. The molecule has 20 heavy (non-hydrogen) atoms. The molecule has 2 heterocycles. The van der Waals surface area contributed by atoms with Gasteiger partial charge in [-0.05, 0) is 22.7 Å². The van der Waals surface area contributed by atoms with E-state index in [2.05, 4.69) is 38.0 Å². The molecule has 0 saturated heterocycles. The number of imidazole rings is 1. The van der Waals surface area contributed by atoms with Gasteiger partial charge in [0.15, 0.2) is 0 Å². The number of fused-ring (bicyclic) bond motifs is 1. The minimum Gasteiger partial charge on any atom is -0.363 e. The third-order valence-corrected chi connectivity index (χ3v) is 4.38. The average molecular weight is 296 g/mol. The van der Waals surface area contributed by atoms with Crippen molar-refractivity contribution in [2.24, 2.45) is 17.8 Å². The third kappa shape index (κ3) is 2.77. The first-order valence-electron chi connectivity index (χ1n) is 6.75. The lowest BCUT2D eigenvalue weighted by atomic mass is 9.85. The summed E-state index contributed by atoms with van der Waals surface area (Å²) in [5.41, 5.74) is 0. The molecule has 0 aliphatic heterocycles. The van der Waals surface area contributed by atoms with Crippen molar-refractivity contribution in [1.82, 2.24) is 9.38 Å². The Balaban J connectivity index is 2.23. The highest BCUT2D eigenvalue weighted by Crippen LogP contribution is 2.29. The highest BCUT2D eigenvalue weighted by molar-refractivity contribution is 7.15. The number of nitro groups is 1. The van der Waals surface area contributed by atoms with E-state index >= 15 is 0 Å². The molecular weight excluding hydrogens is 276 g/mol. The summed E-state index contributed by atoms with van der Waals surface area (Å²) in [6, 6.07) is 0. The topological polar surface area (TPSA) is 72.5 Å². The number of hydrogen-bond donors (Lipinski definition) is 1. The minimum atomic E-state index is -0.380. The zero-order chi connectivity index (χ0) is 14.9. The number of anilines is 1. The molecule has 0 aliphatic carbocycles. The maximum atomic E-state index is 11.2. The van der Waals surface area contributed by atoms with E-state index in [0.29, 0.717) is 35.1 Å². The Hall–Kier alpha value is -1.63. The first-order chi connectivity index (χ1) is 9.41. The fourth-order valence-corrected chi connectivity index (χ4v) is 3.23. The largest absolute Gasteiger partial charge is 0.372 e. The van der Waals surface area contributed by atoms with Crippen LogP contribution in [0.3, 0.4) is 0 Å². The molecule has 7 heteroatoms. The molecule has 0 spiro atoms. The fourth-order valence-electron chi connectivity index (χ4n) is 2.52. The predicted molar refractivity (Wildman–Crippen MR) is 81.4 cm³/mol. The zero-order valence-electron chi connectivity index (χ0n) is 12.2. The van der Waals surface area contributed by atoms with Crippen LogP contribution in [-0.4, -0.2) is 20.9 Å². The van der Waals surface area contributed by atoms with Gasteiger partial charge in [0.25, 0.3) is 4.96 Å². The van der Waals surface area contributed by atoms with Gasteiger partial charge in [0.05, 0.1) is 0 Å². The second kappa shape index (κ2) is 5.78. The molecule has 0 fully saturated rings. The summed E-state index contributed by atoms with van der Waals surface area (Å²) in [6.07, 6.45) is 1.68. The van der Waals surface area contributed by atoms with Crippen molar-refractivity contribution in [1.29, 1.82) is 0 Å². The summed E-state index contributed by atoms with van der Waals surface area (Å²) in [4.78, 5) is 15.8. The standard InChI is InChI=1S/C13H20N4O2S/c1-8(2)10(9(3)4)7-14-11-12(17(18)19)16-5-6-20-13(16)15-11/h5-6,8-10,14H,7H2,1-4H3. The molecule has 6 nitrogen and oxygen atoms in total. The molecule has 1 N–H and O–H groups in total. The van der Waals surface area contributed by atoms with Gasteiger partial charge in [0.1, 0.15) is 6.20 Å². The van der Waals surface area contributed by atoms with Crippen molar-refractivity contribution in [3.63, 3.8) is 0 Å². The van der Waals surface area contributed by atoms with Gasteiger partial charge in [-0.3, -0.25) is 0 Å². The van der Waals surface area contributed by atoms with Crippen LogP contribution in [0.15, 0.2) is 11.6 Å². The summed E-state index contributed by atoms with van der Waals surface area (Å²) >= 11 is 1.39. The number of rotatable bonds is 6. The van der Waals surface area contributed by atoms with Crippen molar-refractivity contribution in [2.75, 3.05) is 11.9 Å². The Kier molecular flexibility index (Phi) is 4.27. The van der Waals surface area contributed by atoms with Gasteiger partial charge in [-0.1, -0.05) is 39.0 Å². The maximum absolute atomic E-state index is 11.2. The third-order valence-electron chi connectivity index (χ3n) is 3.63. The van der Waals surface area contributed by atoms with Gasteiger partial charge in [-0.2, -0.15) is 9.38 Å². The fraction of sp³-hybridized carbons (Fsp3) is 0.615. The minimum absolute atomic E-state index is 0.0208. The predicted octanol–water partition coefficient (Wildman–Crippen LogP) is 3.64. The lowest BCUT2D eigenvalue weighted by molar-refractivity contribution is -0.389. The van der Waals surface area contributed by atoms with Crippen LogP contribution in [0.5, 0.6) is 0 Å². The molecule has 0 amide bonds. The second-order valence-corrected chi connectivity index (χ2v) is 6.50. The van der Waals surface area contributed by atoms with Crippen molar-refractivity contribution >= 4 is 27.9 Å². The summed E-state index contributed by atoms with van der Waals surface area (Å²) in [6.45, 7) is 9.39. The van der Waals surface area contributed by atoms with Crippen molar-refractivity contribution in [3.05, 3.63) is 21.7 Å². The zero-order valence-corrected chi connectivity index (χ0v) is 13.0. The highest BCUT2D eigenvalue weighted by Gasteiger charge is 2.25. The lowest BCUT2D eigenvalue weighted by Gasteiger charge is -2.24. The Morgan fingerprint density at radius 3 is 2.60 bits per heavy atom. The van der Waals surface area contributed by atoms with E-state index in [9.17, 15) is 10.1 Å². The number of thiazole rings is 1. The van der Waals surface area contributed by atoms with Crippen LogP contribution in [0.1, 0.15) is 27.7 Å². The number of hydrogen-bond acceptors (Lipinski definition) is 5. The molecule has 0 unspecified atom stereocenters. The number of nitrogens with zero attached hydrogens (tertiary/aromatic N) is 3. The van der Waals surface area contributed by atoms with Crippen LogP contribution in [0.4, 0.5) is 11.6 Å². The van der Waals surface area contributed by atoms with Crippen molar-refractivity contribution in [2.45, 2.75) is 27.7 Å². The number of nitrogens with one attached hydrogen (secondary N) is 1. The van der Waals surface area contributed by atoms with Crippen LogP contribution in [0.2, 0.25) is 0 Å². The van der Waals surface area contributed by atoms with Gasteiger partial charge < -0.3 is 15.4 Å². The van der Waals surface area contributed by atoms with E-state index in [4.69, 9.17) is 0 Å². The molecule has 0 aliphatic rings. The first-order valence-corrected chi connectivity index (χ1v) is 7.63. The van der Waals surface area contributed by atoms with E-state index in [-0.39, 0.29) is 10.7 Å². The Morgan fingerprint density at radius 1 is 1.40 bits per heavy atom. The Morgan fingerprint density at radius 2 is 2.05 bits per heavy atom. The van der Waals surface area contributed by atoms with Gasteiger partial charge in [0.2, 0.25) is 5.82 Å². The first kappa shape index (κ1) is 14.8. The van der Waals surface area contributed by atoms with Gasteiger partial charge in [0, 0.05) is 11.9 Å². The molecule has 0 saturated carbocycles. The van der Waals surface area contributed by atoms with E-state index in [1.807, 2.05) is 0 Å². The molecule has 0 radical (unpaired) electrons. The number of aromatic nitrogens is 2. The van der Waals surface area contributed by atoms with Crippen molar-refractivity contribution < 1.29 is 4.92 Å². The summed E-state index contributed by atoms with van der Waals surface area (Å²) in [5, 5.41) is 16.2. The lowest BCUT2D eigenvalue weighted by Crippen LogP contribution is -2.24. The monoisotopic (exact) mass is 296 g/mol. The molecule has 110 valence electrons.